The summed E-state index contributed by atoms with van der Waals surface area (Å²) in [6.07, 6.45) is 3.16. The third kappa shape index (κ3) is 4.70. The molecular formula is C15H20N6O3. The summed E-state index contributed by atoms with van der Waals surface area (Å²) >= 11 is 0. The van der Waals surface area contributed by atoms with Crippen LogP contribution in [-0.2, 0) is 11.3 Å². The van der Waals surface area contributed by atoms with Crippen molar-refractivity contribution < 1.29 is 9.59 Å². The Morgan fingerprint density at radius 1 is 1.17 bits per heavy atom. The predicted molar refractivity (Wildman–Crippen MR) is 87.4 cm³/mol. The minimum atomic E-state index is -0.555. The summed E-state index contributed by atoms with van der Waals surface area (Å²) in [6.45, 7) is 2.24. The van der Waals surface area contributed by atoms with Gasteiger partial charge < -0.3 is 5.32 Å². The van der Waals surface area contributed by atoms with E-state index in [2.05, 4.69) is 21.3 Å². The number of urea groups is 1. The SMILES string of the molecule is CCCCNC(=O)NNC(=O)Cn1ncn(-c2ccccc2)c1=O. The molecule has 0 atom stereocenters. The maximum Gasteiger partial charge on any atom is 0.350 e. The van der Waals surface area contributed by atoms with Crippen LogP contribution in [0.4, 0.5) is 4.79 Å². The lowest BCUT2D eigenvalue weighted by Crippen LogP contribution is -2.48. The molecule has 3 N–H and O–H groups in total. The number of nitrogens with zero attached hydrogens (tertiary/aromatic N) is 3. The van der Waals surface area contributed by atoms with Crippen molar-refractivity contribution in [1.29, 1.82) is 0 Å². The van der Waals surface area contributed by atoms with Crippen LogP contribution in [0.5, 0.6) is 0 Å². The van der Waals surface area contributed by atoms with Crippen molar-refractivity contribution in [2.24, 2.45) is 0 Å². The molecule has 0 radical (unpaired) electrons. The molecule has 1 heterocycles. The quantitative estimate of drug-likeness (QED) is 0.517. The number of carbonyl (C=O) groups is 2. The fraction of sp³-hybridized carbons (Fsp3) is 0.333. The van der Waals surface area contributed by atoms with Gasteiger partial charge in [-0.15, -0.1) is 0 Å². The normalized spacial score (nSPS) is 10.2. The fourth-order valence-corrected chi connectivity index (χ4v) is 1.94. The van der Waals surface area contributed by atoms with Crippen LogP contribution >= 0.6 is 0 Å². The van der Waals surface area contributed by atoms with E-state index in [0.29, 0.717) is 12.2 Å². The van der Waals surface area contributed by atoms with Crippen molar-refractivity contribution in [2.45, 2.75) is 26.3 Å². The van der Waals surface area contributed by atoms with Gasteiger partial charge in [-0.2, -0.15) is 5.10 Å². The van der Waals surface area contributed by atoms with E-state index in [9.17, 15) is 14.4 Å². The number of para-hydroxylation sites is 1. The van der Waals surface area contributed by atoms with Crippen molar-refractivity contribution in [1.82, 2.24) is 30.5 Å². The van der Waals surface area contributed by atoms with Crippen LogP contribution in [0.15, 0.2) is 41.5 Å². The monoisotopic (exact) mass is 332 g/mol. The van der Waals surface area contributed by atoms with E-state index in [4.69, 9.17) is 0 Å². The van der Waals surface area contributed by atoms with Gasteiger partial charge in [-0.1, -0.05) is 31.5 Å². The zero-order valence-electron chi connectivity index (χ0n) is 13.4. The number of hydrogen-bond acceptors (Lipinski definition) is 4. The van der Waals surface area contributed by atoms with E-state index < -0.39 is 17.6 Å². The first-order valence-corrected chi connectivity index (χ1v) is 7.64. The molecule has 2 rings (SSSR count). The van der Waals surface area contributed by atoms with E-state index >= 15 is 0 Å². The molecule has 1 aromatic carbocycles. The standard InChI is InChI=1S/C15H20N6O3/c1-2-3-9-16-14(23)19-18-13(22)10-21-15(24)20(11-17-21)12-7-5-4-6-8-12/h4-8,11H,2-3,9-10H2,1H3,(H,18,22)(H2,16,19,23). The Bertz CT molecular complexity index is 737. The van der Waals surface area contributed by atoms with Gasteiger partial charge in [-0.3, -0.25) is 10.2 Å². The molecule has 24 heavy (non-hydrogen) atoms. The highest BCUT2D eigenvalue weighted by Crippen LogP contribution is 2.02. The van der Waals surface area contributed by atoms with Gasteiger partial charge in [0.15, 0.2) is 0 Å². The Balaban J connectivity index is 1.88. The molecule has 0 bridgehead atoms. The van der Waals surface area contributed by atoms with Gasteiger partial charge in [-0.05, 0) is 18.6 Å². The highest BCUT2D eigenvalue weighted by Gasteiger charge is 2.11. The first-order chi connectivity index (χ1) is 11.6. The predicted octanol–water partition coefficient (Wildman–Crippen LogP) is 0.165. The lowest BCUT2D eigenvalue weighted by molar-refractivity contribution is -0.122. The molecule has 0 aliphatic carbocycles. The minimum absolute atomic E-state index is 0.298. The maximum atomic E-state index is 12.2. The van der Waals surface area contributed by atoms with Crippen LogP contribution in [0.2, 0.25) is 0 Å². The van der Waals surface area contributed by atoms with Crippen LogP contribution in [0.3, 0.4) is 0 Å². The molecule has 0 saturated heterocycles. The van der Waals surface area contributed by atoms with Crippen molar-refractivity contribution in [2.75, 3.05) is 6.54 Å². The summed E-state index contributed by atoms with van der Waals surface area (Å²) in [6, 6.07) is 8.45. The minimum Gasteiger partial charge on any atom is -0.337 e. The summed E-state index contributed by atoms with van der Waals surface area (Å²) in [7, 11) is 0. The van der Waals surface area contributed by atoms with Gasteiger partial charge in [0.2, 0.25) is 0 Å². The molecule has 0 saturated carbocycles. The second-order valence-corrected chi connectivity index (χ2v) is 5.06. The maximum absolute atomic E-state index is 12.2. The number of unbranched alkanes of at least 4 members (excludes halogenated alkanes) is 1. The summed E-state index contributed by atoms with van der Waals surface area (Å²) in [5.74, 6) is -0.555. The summed E-state index contributed by atoms with van der Waals surface area (Å²) in [5, 5.41) is 6.48. The van der Waals surface area contributed by atoms with Gasteiger partial charge >= 0.3 is 11.7 Å². The number of rotatable bonds is 6. The van der Waals surface area contributed by atoms with E-state index in [1.54, 1.807) is 24.3 Å². The lowest BCUT2D eigenvalue weighted by Gasteiger charge is -2.08. The van der Waals surface area contributed by atoms with Crippen molar-refractivity contribution in [3.8, 4) is 5.69 Å². The molecule has 0 fully saturated rings. The third-order valence-electron chi connectivity index (χ3n) is 3.19. The topological polar surface area (TPSA) is 110 Å². The van der Waals surface area contributed by atoms with Gasteiger partial charge in [0, 0.05) is 6.54 Å². The number of amides is 3. The van der Waals surface area contributed by atoms with Gasteiger partial charge in [0.25, 0.3) is 5.91 Å². The smallest absolute Gasteiger partial charge is 0.337 e. The number of hydrogen-bond donors (Lipinski definition) is 3. The first-order valence-electron chi connectivity index (χ1n) is 7.64. The number of benzene rings is 1. The molecule has 0 spiro atoms. The van der Waals surface area contributed by atoms with E-state index in [1.165, 1.54) is 10.9 Å². The molecule has 1 aromatic heterocycles. The average Bonchev–Trinajstić information content (AvgIpc) is 2.95. The largest absolute Gasteiger partial charge is 0.350 e. The van der Waals surface area contributed by atoms with Crippen LogP contribution in [-0.4, -0.2) is 32.8 Å². The molecule has 0 aliphatic heterocycles. The van der Waals surface area contributed by atoms with E-state index in [-0.39, 0.29) is 6.54 Å². The summed E-state index contributed by atoms with van der Waals surface area (Å²) in [4.78, 5) is 35.4. The summed E-state index contributed by atoms with van der Waals surface area (Å²) < 4.78 is 2.34. The van der Waals surface area contributed by atoms with Gasteiger partial charge in [0.05, 0.1) is 5.69 Å². The lowest BCUT2D eigenvalue weighted by atomic mass is 10.3. The van der Waals surface area contributed by atoms with Gasteiger partial charge in [-0.25, -0.2) is 24.3 Å². The zero-order chi connectivity index (χ0) is 17.4. The molecule has 9 heteroatoms. The highest BCUT2D eigenvalue weighted by atomic mass is 16.2. The van der Waals surface area contributed by atoms with Crippen LogP contribution in [0, 0.1) is 0 Å². The van der Waals surface area contributed by atoms with Crippen molar-refractivity contribution in [3.63, 3.8) is 0 Å². The molecular weight excluding hydrogens is 312 g/mol. The molecule has 0 aliphatic rings. The number of nitrogens with one attached hydrogen (secondary N) is 3. The Morgan fingerprint density at radius 2 is 1.92 bits per heavy atom. The Kier molecular flexibility index (Phi) is 6.12. The molecule has 128 valence electrons. The molecule has 3 amide bonds. The zero-order valence-corrected chi connectivity index (χ0v) is 13.4. The molecule has 2 aromatic rings. The first kappa shape index (κ1) is 17.3. The highest BCUT2D eigenvalue weighted by molar-refractivity contribution is 5.80. The Labute approximate surface area is 138 Å². The number of carbonyl (C=O) groups excluding carboxylic acids is 2. The van der Waals surface area contributed by atoms with Crippen LogP contribution < -0.4 is 21.9 Å². The Hall–Kier alpha value is -3.10. The van der Waals surface area contributed by atoms with Crippen LogP contribution in [0.25, 0.3) is 5.69 Å². The second kappa shape index (κ2) is 8.51. The number of aromatic nitrogens is 3. The summed E-state index contributed by atoms with van der Waals surface area (Å²) in [5.41, 5.74) is 4.66. The van der Waals surface area contributed by atoms with E-state index in [1.807, 2.05) is 13.0 Å². The second-order valence-electron chi connectivity index (χ2n) is 5.06. The van der Waals surface area contributed by atoms with Crippen molar-refractivity contribution >= 4 is 11.9 Å². The fourth-order valence-electron chi connectivity index (χ4n) is 1.94. The Morgan fingerprint density at radius 3 is 2.62 bits per heavy atom. The number of hydrazine groups is 1. The van der Waals surface area contributed by atoms with Gasteiger partial charge in [0.1, 0.15) is 12.9 Å². The van der Waals surface area contributed by atoms with E-state index in [0.717, 1.165) is 17.5 Å². The average molecular weight is 332 g/mol. The molecule has 0 unspecified atom stereocenters. The molecule has 9 nitrogen and oxygen atoms in total. The third-order valence-corrected chi connectivity index (χ3v) is 3.19. The van der Waals surface area contributed by atoms with Crippen LogP contribution in [0.1, 0.15) is 19.8 Å². The van der Waals surface area contributed by atoms with Crippen molar-refractivity contribution in [3.05, 3.63) is 47.1 Å².